The Bertz CT molecular complexity index is 263. The fourth-order valence-corrected chi connectivity index (χ4v) is 2.33. The van der Waals surface area contributed by atoms with E-state index in [1.807, 2.05) is 6.92 Å². The van der Waals surface area contributed by atoms with Gasteiger partial charge in [0.1, 0.15) is 0 Å². The van der Waals surface area contributed by atoms with E-state index in [-0.39, 0.29) is 60.6 Å². The first-order valence-corrected chi connectivity index (χ1v) is 6.11. The number of carbonyl (C=O) groups excluding carboxylic acids is 1. The fourth-order valence-electron chi connectivity index (χ4n) is 2.33. The monoisotopic (exact) mass is 284 g/mol. The Morgan fingerprint density at radius 1 is 1.37 bits per heavy atom. The van der Waals surface area contributed by atoms with Gasteiger partial charge in [0.15, 0.2) is 6.29 Å². The van der Waals surface area contributed by atoms with Gasteiger partial charge in [-0.05, 0) is 6.42 Å². The molecule has 4 unspecified atom stereocenters. The standard InChI is InChI=1S/C12H22O6.Na/c1-4-8-9(15-2)5-12(16-3)18-10(8)6-17-7-11(13)14;/h8-10,12H,4-7H2,1-3H3,(H,13,14);/q;+1/p-1. The molecule has 0 spiro atoms. The molecule has 0 aromatic heterocycles. The van der Waals surface area contributed by atoms with Crippen molar-refractivity contribution in [3.8, 4) is 0 Å². The van der Waals surface area contributed by atoms with Crippen molar-refractivity contribution >= 4 is 5.97 Å². The van der Waals surface area contributed by atoms with Gasteiger partial charge in [0.05, 0.1) is 31.4 Å². The molecule has 1 rings (SSSR count). The van der Waals surface area contributed by atoms with Crippen molar-refractivity contribution in [1.29, 1.82) is 0 Å². The molecule has 0 aromatic carbocycles. The molecule has 0 aliphatic carbocycles. The molecule has 1 aliphatic heterocycles. The number of carboxylic acids is 1. The molecule has 0 aromatic rings. The minimum absolute atomic E-state index is 0. The van der Waals surface area contributed by atoms with Gasteiger partial charge in [-0.2, -0.15) is 0 Å². The summed E-state index contributed by atoms with van der Waals surface area (Å²) in [5, 5.41) is 10.3. The summed E-state index contributed by atoms with van der Waals surface area (Å²) in [4.78, 5) is 10.3. The van der Waals surface area contributed by atoms with Crippen LogP contribution in [0.5, 0.6) is 0 Å². The zero-order chi connectivity index (χ0) is 13.5. The first kappa shape index (κ1) is 19.3. The van der Waals surface area contributed by atoms with Crippen molar-refractivity contribution in [2.45, 2.75) is 38.3 Å². The van der Waals surface area contributed by atoms with Gasteiger partial charge in [-0.25, -0.2) is 0 Å². The molecule has 0 N–H and O–H groups in total. The average molecular weight is 284 g/mol. The molecule has 4 atom stereocenters. The van der Waals surface area contributed by atoms with Crippen LogP contribution in [0.4, 0.5) is 0 Å². The second kappa shape index (κ2) is 10.1. The summed E-state index contributed by atoms with van der Waals surface area (Å²) < 4.78 is 21.4. The molecule has 0 bridgehead atoms. The molecular formula is C12H21NaO6. The van der Waals surface area contributed by atoms with Gasteiger partial charge in [0.2, 0.25) is 0 Å². The van der Waals surface area contributed by atoms with Crippen LogP contribution in [0, 0.1) is 5.92 Å². The average Bonchev–Trinajstić information content (AvgIpc) is 2.37. The first-order chi connectivity index (χ1) is 8.62. The largest absolute Gasteiger partial charge is 1.00 e. The quantitative estimate of drug-likeness (QED) is 0.453. The molecular weight excluding hydrogens is 263 g/mol. The van der Waals surface area contributed by atoms with Crippen LogP contribution in [0.1, 0.15) is 19.8 Å². The smallest absolute Gasteiger partial charge is 0.548 e. The molecule has 6 nitrogen and oxygen atoms in total. The maximum Gasteiger partial charge on any atom is 1.00 e. The summed E-state index contributed by atoms with van der Waals surface area (Å²) >= 11 is 0. The number of hydrogen-bond donors (Lipinski definition) is 0. The van der Waals surface area contributed by atoms with Crippen LogP contribution >= 0.6 is 0 Å². The summed E-state index contributed by atoms with van der Waals surface area (Å²) in [6.07, 6.45) is 1.01. The number of carboxylic acid groups (broad SMARTS) is 1. The van der Waals surface area contributed by atoms with Gasteiger partial charge in [0.25, 0.3) is 0 Å². The van der Waals surface area contributed by atoms with E-state index < -0.39 is 12.6 Å². The van der Waals surface area contributed by atoms with E-state index in [1.54, 1.807) is 14.2 Å². The SMILES string of the molecule is CCC1C(OC)CC(OC)OC1COCC(=O)[O-].[Na+]. The van der Waals surface area contributed by atoms with Gasteiger partial charge < -0.3 is 28.8 Å². The number of methoxy groups -OCH3 is 2. The molecule has 1 saturated heterocycles. The van der Waals surface area contributed by atoms with Crippen LogP contribution < -0.4 is 34.7 Å². The molecule has 7 heteroatoms. The zero-order valence-electron chi connectivity index (χ0n) is 12.1. The number of rotatable bonds is 7. The summed E-state index contributed by atoms with van der Waals surface area (Å²) in [6.45, 7) is 1.82. The fraction of sp³-hybridized carbons (Fsp3) is 0.917. The van der Waals surface area contributed by atoms with E-state index in [0.717, 1.165) is 6.42 Å². The number of hydrogen-bond acceptors (Lipinski definition) is 6. The molecule has 19 heavy (non-hydrogen) atoms. The van der Waals surface area contributed by atoms with E-state index in [0.29, 0.717) is 6.42 Å². The van der Waals surface area contributed by atoms with E-state index in [2.05, 4.69) is 0 Å². The topological polar surface area (TPSA) is 77.0 Å². The van der Waals surface area contributed by atoms with Crippen LogP contribution in [0.2, 0.25) is 0 Å². The molecule has 0 amide bonds. The van der Waals surface area contributed by atoms with Crippen LogP contribution in [0.15, 0.2) is 0 Å². The molecule has 106 valence electrons. The van der Waals surface area contributed by atoms with E-state index in [9.17, 15) is 9.90 Å². The third-order valence-corrected chi connectivity index (χ3v) is 3.25. The third-order valence-electron chi connectivity index (χ3n) is 3.25. The van der Waals surface area contributed by atoms with Gasteiger partial charge in [0, 0.05) is 26.6 Å². The van der Waals surface area contributed by atoms with Crippen molar-refractivity contribution in [2.75, 3.05) is 27.4 Å². The number of carbonyl (C=O) groups is 1. The maximum absolute atomic E-state index is 10.3. The van der Waals surface area contributed by atoms with Gasteiger partial charge >= 0.3 is 29.6 Å². The Hall–Kier alpha value is 0.310. The number of ether oxygens (including phenoxy) is 4. The van der Waals surface area contributed by atoms with Gasteiger partial charge in [-0.3, -0.25) is 0 Å². The Kier molecular flexibility index (Phi) is 10.3. The third kappa shape index (κ3) is 6.08. The Morgan fingerprint density at radius 2 is 2.05 bits per heavy atom. The van der Waals surface area contributed by atoms with Crippen molar-refractivity contribution in [2.24, 2.45) is 5.92 Å². The predicted octanol–water partition coefficient (Wildman–Crippen LogP) is -3.44. The Morgan fingerprint density at radius 3 is 2.53 bits per heavy atom. The molecule has 0 radical (unpaired) electrons. The van der Waals surface area contributed by atoms with Crippen molar-refractivity contribution in [3.63, 3.8) is 0 Å². The Balaban J connectivity index is 0.00000324. The van der Waals surface area contributed by atoms with Crippen LogP contribution in [0.3, 0.4) is 0 Å². The summed E-state index contributed by atoms with van der Waals surface area (Å²) in [5.41, 5.74) is 0. The summed E-state index contributed by atoms with van der Waals surface area (Å²) in [5.74, 6) is -1.06. The van der Waals surface area contributed by atoms with Crippen molar-refractivity contribution in [3.05, 3.63) is 0 Å². The van der Waals surface area contributed by atoms with Crippen LogP contribution in [-0.2, 0) is 23.7 Å². The zero-order valence-corrected chi connectivity index (χ0v) is 14.1. The second-order valence-corrected chi connectivity index (χ2v) is 4.31. The maximum atomic E-state index is 10.3. The van der Waals surface area contributed by atoms with Crippen molar-refractivity contribution in [1.82, 2.24) is 0 Å². The predicted molar refractivity (Wildman–Crippen MR) is 60.7 cm³/mol. The second-order valence-electron chi connectivity index (χ2n) is 4.31. The Labute approximate surface area is 136 Å². The molecule has 1 aliphatic rings. The van der Waals surface area contributed by atoms with Gasteiger partial charge in [-0.1, -0.05) is 6.92 Å². The van der Waals surface area contributed by atoms with Gasteiger partial charge in [-0.15, -0.1) is 0 Å². The summed E-state index contributed by atoms with van der Waals surface area (Å²) in [6, 6.07) is 0. The minimum Gasteiger partial charge on any atom is -0.548 e. The van der Waals surface area contributed by atoms with Crippen molar-refractivity contribution < 1.29 is 58.4 Å². The molecule has 0 saturated carbocycles. The normalized spacial score (nSPS) is 30.7. The van der Waals surface area contributed by atoms with Crippen LogP contribution in [0.25, 0.3) is 0 Å². The number of aliphatic carboxylic acids is 1. The minimum atomic E-state index is -1.23. The van der Waals surface area contributed by atoms with Crippen LogP contribution in [-0.4, -0.2) is 51.9 Å². The van der Waals surface area contributed by atoms with E-state index >= 15 is 0 Å². The summed E-state index contributed by atoms with van der Waals surface area (Å²) in [7, 11) is 3.23. The first-order valence-electron chi connectivity index (χ1n) is 6.11. The molecule has 1 fully saturated rings. The molecule has 1 heterocycles. The van der Waals surface area contributed by atoms with E-state index in [1.165, 1.54) is 0 Å². The van der Waals surface area contributed by atoms with E-state index in [4.69, 9.17) is 18.9 Å².